The van der Waals surface area contributed by atoms with Crippen LogP contribution in [0.2, 0.25) is 0 Å². The average molecular weight is 299 g/mol. The molecule has 1 N–H and O–H groups in total. The van der Waals surface area contributed by atoms with Crippen molar-refractivity contribution in [2.75, 3.05) is 26.9 Å². The number of rotatable bonds is 9. The standard InChI is InChI=1S/C16H29NO4/c1-12(2)16(19)13-4-6-14(7-5-13)17-15(18)8-9-21-11-10-20-3/h12-14H,4-11H2,1-3H3,(H,17,18). The van der Waals surface area contributed by atoms with Gasteiger partial charge in [0.2, 0.25) is 5.91 Å². The van der Waals surface area contributed by atoms with Crippen LogP contribution in [0, 0.1) is 11.8 Å². The number of methoxy groups -OCH3 is 1. The maximum atomic E-state index is 11.9. The average Bonchev–Trinajstić information content (AvgIpc) is 2.47. The Kier molecular flexibility index (Phi) is 8.54. The first kappa shape index (κ1) is 18.1. The molecule has 1 saturated carbocycles. The number of hydrogen-bond donors (Lipinski definition) is 1. The van der Waals surface area contributed by atoms with E-state index in [9.17, 15) is 9.59 Å². The first-order valence-electron chi connectivity index (χ1n) is 7.94. The molecule has 1 rings (SSSR count). The fourth-order valence-electron chi connectivity index (χ4n) is 2.70. The van der Waals surface area contributed by atoms with Gasteiger partial charge in [0.1, 0.15) is 5.78 Å². The van der Waals surface area contributed by atoms with Gasteiger partial charge >= 0.3 is 0 Å². The minimum Gasteiger partial charge on any atom is -0.382 e. The van der Waals surface area contributed by atoms with Gasteiger partial charge in [-0.15, -0.1) is 0 Å². The minimum absolute atomic E-state index is 0.0334. The van der Waals surface area contributed by atoms with Crippen LogP contribution in [-0.2, 0) is 19.1 Å². The Hall–Kier alpha value is -0.940. The lowest BCUT2D eigenvalue weighted by Crippen LogP contribution is -2.39. The van der Waals surface area contributed by atoms with E-state index in [4.69, 9.17) is 9.47 Å². The SMILES string of the molecule is COCCOCCC(=O)NC1CCC(C(=O)C(C)C)CC1. The number of ketones is 1. The quantitative estimate of drug-likeness (QED) is 0.661. The molecule has 1 fully saturated rings. The lowest BCUT2D eigenvalue weighted by Gasteiger charge is -2.29. The van der Waals surface area contributed by atoms with Crippen molar-refractivity contribution >= 4 is 11.7 Å². The molecule has 1 amide bonds. The van der Waals surface area contributed by atoms with Gasteiger partial charge in [0.25, 0.3) is 0 Å². The van der Waals surface area contributed by atoms with Crippen LogP contribution in [0.5, 0.6) is 0 Å². The van der Waals surface area contributed by atoms with E-state index in [2.05, 4.69) is 5.32 Å². The zero-order chi connectivity index (χ0) is 15.7. The number of carbonyl (C=O) groups is 2. The van der Waals surface area contributed by atoms with Gasteiger partial charge in [-0.05, 0) is 25.7 Å². The number of carbonyl (C=O) groups excluding carboxylic acids is 2. The molecule has 1 aliphatic rings. The van der Waals surface area contributed by atoms with Gasteiger partial charge in [0, 0.05) is 31.4 Å². The van der Waals surface area contributed by atoms with Gasteiger partial charge in [0.15, 0.2) is 0 Å². The van der Waals surface area contributed by atoms with Gasteiger partial charge in [-0.2, -0.15) is 0 Å². The highest BCUT2D eigenvalue weighted by atomic mass is 16.5. The number of ether oxygens (including phenoxy) is 2. The zero-order valence-electron chi connectivity index (χ0n) is 13.5. The summed E-state index contributed by atoms with van der Waals surface area (Å²) in [5.41, 5.74) is 0. The van der Waals surface area contributed by atoms with Crippen LogP contribution < -0.4 is 5.32 Å². The van der Waals surface area contributed by atoms with E-state index in [0.29, 0.717) is 32.0 Å². The number of nitrogens with one attached hydrogen (secondary N) is 1. The molecule has 1 aliphatic carbocycles. The maximum absolute atomic E-state index is 11.9. The molecule has 0 heterocycles. The Morgan fingerprint density at radius 1 is 1.10 bits per heavy atom. The fraction of sp³-hybridized carbons (Fsp3) is 0.875. The van der Waals surface area contributed by atoms with E-state index in [-0.39, 0.29) is 23.8 Å². The molecule has 0 unspecified atom stereocenters. The van der Waals surface area contributed by atoms with Gasteiger partial charge in [-0.1, -0.05) is 13.8 Å². The highest BCUT2D eigenvalue weighted by Crippen LogP contribution is 2.27. The third-order valence-electron chi connectivity index (χ3n) is 3.97. The Morgan fingerprint density at radius 3 is 2.33 bits per heavy atom. The molecule has 0 aromatic carbocycles. The van der Waals surface area contributed by atoms with Crippen molar-refractivity contribution in [1.29, 1.82) is 0 Å². The van der Waals surface area contributed by atoms with Crippen molar-refractivity contribution in [2.45, 2.75) is 52.0 Å². The smallest absolute Gasteiger partial charge is 0.222 e. The van der Waals surface area contributed by atoms with Gasteiger partial charge in [0.05, 0.1) is 19.8 Å². The fourth-order valence-corrected chi connectivity index (χ4v) is 2.70. The summed E-state index contributed by atoms with van der Waals surface area (Å²) in [6.07, 6.45) is 3.98. The number of Topliss-reactive ketones (excluding diaryl/α,β-unsaturated/α-hetero) is 1. The predicted molar refractivity (Wildman–Crippen MR) is 81.0 cm³/mol. The van der Waals surface area contributed by atoms with E-state index >= 15 is 0 Å². The third-order valence-corrected chi connectivity index (χ3v) is 3.97. The molecular formula is C16H29NO4. The normalized spacial score (nSPS) is 22.3. The Morgan fingerprint density at radius 2 is 1.76 bits per heavy atom. The Balaban J connectivity index is 2.14. The van der Waals surface area contributed by atoms with Crippen LogP contribution in [0.3, 0.4) is 0 Å². The lowest BCUT2D eigenvalue weighted by molar-refractivity contribution is -0.127. The van der Waals surface area contributed by atoms with Gasteiger partial charge < -0.3 is 14.8 Å². The van der Waals surface area contributed by atoms with Gasteiger partial charge in [-0.25, -0.2) is 0 Å². The predicted octanol–water partition coefficient (Wildman–Crippen LogP) is 1.94. The number of amides is 1. The first-order chi connectivity index (χ1) is 10.0. The van der Waals surface area contributed by atoms with Crippen molar-refractivity contribution in [2.24, 2.45) is 11.8 Å². The molecule has 5 nitrogen and oxygen atoms in total. The van der Waals surface area contributed by atoms with Crippen LogP contribution in [0.25, 0.3) is 0 Å². The zero-order valence-corrected chi connectivity index (χ0v) is 13.5. The summed E-state index contributed by atoms with van der Waals surface area (Å²) in [6.45, 7) is 5.41. The highest BCUT2D eigenvalue weighted by Gasteiger charge is 2.27. The highest BCUT2D eigenvalue weighted by molar-refractivity contribution is 5.83. The largest absolute Gasteiger partial charge is 0.382 e. The first-order valence-corrected chi connectivity index (χ1v) is 7.94. The Labute approximate surface area is 127 Å². The van der Waals surface area contributed by atoms with E-state index in [1.165, 1.54) is 0 Å². The molecule has 0 spiro atoms. The molecule has 0 aliphatic heterocycles. The summed E-state index contributed by atoms with van der Waals surface area (Å²) < 4.78 is 10.1. The molecule has 0 bridgehead atoms. The summed E-state index contributed by atoms with van der Waals surface area (Å²) in [4.78, 5) is 23.7. The summed E-state index contributed by atoms with van der Waals surface area (Å²) in [6, 6.07) is 0.215. The summed E-state index contributed by atoms with van der Waals surface area (Å²) in [5, 5.41) is 3.04. The van der Waals surface area contributed by atoms with Crippen molar-refractivity contribution in [3.8, 4) is 0 Å². The molecular weight excluding hydrogens is 270 g/mol. The molecule has 5 heteroatoms. The minimum atomic E-state index is 0.0334. The summed E-state index contributed by atoms with van der Waals surface area (Å²) in [7, 11) is 1.62. The molecule has 21 heavy (non-hydrogen) atoms. The van der Waals surface area contributed by atoms with Crippen LogP contribution >= 0.6 is 0 Å². The molecule has 122 valence electrons. The van der Waals surface area contributed by atoms with Crippen LogP contribution in [-0.4, -0.2) is 44.7 Å². The van der Waals surface area contributed by atoms with Crippen LogP contribution in [0.1, 0.15) is 46.0 Å². The van der Waals surface area contributed by atoms with Crippen molar-refractivity contribution in [1.82, 2.24) is 5.32 Å². The van der Waals surface area contributed by atoms with E-state index in [1.807, 2.05) is 13.8 Å². The van der Waals surface area contributed by atoms with Crippen LogP contribution in [0.4, 0.5) is 0 Å². The summed E-state index contributed by atoms with van der Waals surface area (Å²) in [5.74, 6) is 0.707. The van der Waals surface area contributed by atoms with Crippen molar-refractivity contribution < 1.29 is 19.1 Å². The van der Waals surface area contributed by atoms with E-state index in [0.717, 1.165) is 25.7 Å². The second kappa shape index (κ2) is 9.90. The van der Waals surface area contributed by atoms with E-state index < -0.39 is 0 Å². The molecule has 0 atom stereocenters. The van der Waals surface area contributed by atoms with Crippen LogP contribution in [0.15, 0.2) is 0 Å². The second-order valence-electron chi connectivity index (χ2n) is 6.03. The monoisotopic (exact) mass is 299 g/mol. The second-order valence-corrected chi connectivity index (χ2v) is 6.03. The summed E-state index contributed by atoms with van der Waals surface area (Å²) >= 11 is 0. The maximum Gasteiger partial charge on any atom is 0.222 e. The van der Waals surface area contributed by atoms with Crippen molar-refractivity contribution in [3.05, 3.63) is 0 Å². The molecule has 0 saturated heterocycles. The van der Waals surface area contributed by atoms with E-state index in [1.54, 1.807) is 7.11 Å². The third kappa shape index (κ3) is 7.05. The van der Waals surface area contributed by atoms with Gasteiger partial charge in [-0.3, -0.25) is 9.59 Å². The topological polar surface area (TPSA) is 64.6 Å². The number of hydrogen-bond acceptors (Lipinski definition) is 4. The Bertz CT molecular complexity index is 322. The lowest BCUT2D eigenvalue weighted by atomic mass is 9.80. The molecule has 0 radical (unpaired) electrons. The van der Waals surface area contributed by atoms with Crippen molar-refractivity contribution in [3.63, 3.8) is 0 Å². The molecule has 0 aromatic rings. The molecule has 0 aromatic heterocycles.